The van der Waals surface area contributed by atoms with Gasteiger partial charge in [0.2, 0.25) is 0 Å². The molecule has 0 aromatic heterocycles. The Bertz CT molecular complexity index is 2790. The van der Waals surface area contributed by atoms with Crippen molar-refractivity contribution < 1.29 is 0 Å². The van der Waals surface area contributed by atoms with Gasteiger partial charge in [-0.2, -0.15) is 0 Å². The Hall–Kier alpha value is -6.58. The number of benzene rings is 9. The van der Waals surface area contributed by atoms with Crippen LogP contribution in [-0.2, 0) is 0 Å². The van der Waals surface area contributed by atoms with Crippen LogP contribution < -0.4 is 26.2 Å². The Balaban J connectivity index is 1.07. The van der Waals surface area contributed by atoms with E-state index in [1.54, 1.807) is 0 Å². The molecule has 0 amide bonds. The normalized spacial score (nSPS) is 13.0. The lowest BCUT2D eigenvalue weighted by Gasteiger charge is -2.44. The van der Waals surface area contributed by atoms with Gasteiger partial charge in [0.15, 0.2) is 0 Å². The summed E-state index contributed by atoms with van der Waals surface area (Å²) in [7, 11) is 0. The fourth-order valence-corrected chi connectivity index (χ4v) is 8.86. The monoisotopic (exact) mass is 646 g/mol. The first-order valence-electron chi connectivity index (χ1n) is 17.7. The molecule has 0 unspecified atom stereocenters. The zero-order chi connectivity index (χ0) is 33.5. The zero-order valence-electron chi connectivity index (χ0n) is 27.9. The van der Waals surface area contributed by atoms with Crippen molar-refractivity contribution in [2.24, 2.45) is 0 Å². The summed E-state index contributed by atoms with van der Waals surface area (Å²) < 4.78 is 0. The number of nitrogens with zero attached hydrogens (tertiary/aromatic N) is 2. The minimum atomic E-state index is 0.141. The van der Waals surface area contributed by atoms with Gasteiger partial charge in [0.05, 0.1) is 0 Å². The molecule has 0 radical (unpaired) electrons. The highest BCUT2D eigenvalue weighted by Crippen LogP contribution is 2.44. The van der Waals surface area contributed by atoms with Crippen molar-refractivity contribution in [2.45, 2.75) is 0 Å². The summed E-state index contributed by atoms with van der Waals surface area (Å²) in [5.74, 6) is 0. The van der Waals surface area contributed by atoms with Crippen LogP contribution in [0, 0.1) is 0 Å². The first-order chi connectivity index (χ1) is 25.3. The van der Waals surface area contributed by atoms with Gasteiger partial charge in [0.25, 0.3) is 6.71 Å². The van der Waals surface area contributed by atoms with E-state index in [4.69, 9.17) is 0 Å². The maximum Gasteiger partial charge on any atom is 0.252 e. The number of rotatable bonds is 3. The van der Waals surface area contributed by atoms with Gasteiger partial charge in [-0.15, -0.1) is 0 Å². The van der Waals surface area contributed by atoms with Gasteiger partial charge in [-0.05, 0) is 114 Å². The van der Waals surface area contributed by atoms with Crippen LogP contribution in [0.25, 0.3) is 43.4 Å². The fraction of sp³-hybridized carbons (Fsp3) is 0. The Kier molecular flexibility index (Phi) is 6.08. The second-order valence-electron chi connectivity index (χ2n) is 13.7. The van der Waals surface area contributed by atoms with Crippen LogP contribution in [0.1, 0.15) is 0 Å². The zero-order valence-corrected chi connectivity index (χ0v) is 27.9. The van der Waals surface area contributed by atoms with Crippen molar-refractivity contribution in [1.29, 1.82) is 0 Å². The summed E-state index contributed by atoms with van der Waals surface area (Å²) in [4.78, 5) is 4.90. The third-order valence-corrected chi connectivity index (χ3v) is 11.0. The van der Waals surface area contributed by atoms with Crippen molar-refractivity contribution in [1.82, 2.24) is 0 Å². The molecule has 0 aliphatic carbocycles. The predicted molar refractivity (Wildman–Crippen MR) is 218 cm³/mol. The number of hydrogen-bond donors (Lipinski definition) is 0. The molecular formula is C48H31BN2. The highest BCUT2D eigenvalue weighted by molar-refractivity contribution is 7.00. The van der Waals surface area contributed by atoms with Gasteiger partial charge in [-0.25, -0.2) is 0 Å². The van der Waals surface area contributed by atoms with E-state index in [-0.39, 0.29) is 6.71 Å². The average molecular weight is 647 g/mol. The standard InChI is InChI=1S/C48H31BN2/c1-2-13-34(14-3-1)50-44-21-10-8-19-42(44)49-43-20-9-11-22-45(43)51(47-24-12-23-46(50)48(47)49)35-28-25-32(26-29-35)33-27-30-40-38-17-5-4-15-36(38)37-16-6-7-18-39(37)41(40)31-33/h1-31H. The van der Waals surface area contributed by atoms with E-state index in [9.17, 15) is 0 Å². The van der Waals surface area contributed by atoms with Crippen LogP contribution in [0.3, 0.4) is 0 Å². The minimum absolute atomic E-state index is 0.141. The number of para-hydroxylation sites is 3. The van der Waals surface area contributed by atoms with Gasteiger partial charge in [0, 0.05) is 34.1 Å². The predicted octanol–water partition coefficient (Wildman–Crippen LogP) is 10.9. The summed E-state index contributed by atoms with van der Waals surface area (Å²) in [5.41, 5.74) is 13.7. The molecule has 236 valence electrons. The molecule has 9 aromatic carbocycles. The summed E-state index contributed by atoms with van der Waals surface area (Å²) in [6.45, 7) is 0.141. The summed E-state index contributed by atoms with van der Waals surface area (Å²) in [6, 6.07) is 69.2. The second kappa shape index (κ2) is 11.0. The smallest absolute Gasteiger partial charge is 0.252 e. The van der Waals surface area contributed by atoms with Crippen molar-refractivity contribution >= 4 is 89.5 Å². The SMILES string of the molecule is c1ccc(N2c3ccccc3B3c4ccccc4N(c4ccc(-c5ccc6c7ccccc7c7ccccc7c6c5)cc4)c4cccc2c43)cc1. The van der Waals surface area contributed by atoms with E-state index in [1.165, 1.54) is 88.3 Å². The molecule has 3 heteroatoms. The molecule has 0 fully saturated rings. The van der Waals surface area contributed by atoms with Gasteiger partial charge in [-0.3, -0.25) is 0 Å². The van der Waals surface area contributed by atoms with E-state index >= 15 is 0 Å². The number of hydrogen-bond acceptors (Lipinski definition) is 2. The maximum absolute atomic E-state index is 2.46. The molecule has 0 bridgehead atoms. The molecule has 2 aliphatic heterocycles. The van der Waals surface area contributed by atoms with Crippen LogP contribution in [0.5, 0.6) is 0 Å². The van der Waals surface area contributed by atoms with Crippen molar-refractivity contribution in [3.05, 3.63) is 188 Å². The molecular weight excluding hydrogens is 615 g/mol. The van der Waals surface area contributed by atoms with E-state index in [0.717, 1.165) is 5.69 Å². The van der Waals surface area contributed by atoms with Crippen molar-refractivity contribution in [2.75, 3.05) is 9.80 Å². The first kappa shape index (κ1) is 28.3. The van der Waals surface area contributed by atoms with Gasteiger partial charge < -0.3 is 9.80 Å². The van der Waals surface area contributed by atoms with E-state index < -0.39 is 0 Å². The van der Waals surface area contributed by atoms with E-state index in [1.807, 2.05) is 0 Å². The molecule has 2 heterocycles. The molecule has 0 saturated heterocycles. The molecule has 11 rings (SSSR count). The highest BCUT2D eigenvalue weighted by atomic mass is 15.2. The third kappa shape index (κ3) is 4.12. The topological polar surface area (TPSA) is 6.48 Å². The molecule has 2 aliphatic rings. The third-order valence-electron chi connectivity index (χ3n) is 11.0. The Morgan fingerprint density at radius 2 is 0.725 bits per heavy atom. The summed E-state index contributed by atoms with van der Waals surface area (Å²) in [5, 5.41) is 7.79. The first-order valence-corrected chi connectivity index (χ1v) is 17.7. The fourth-order valence-electron chi connectivity index (χ4n) is 8.86. The minimum Gasteiger partial charge on any atom is -0.311 e. The molecule has 0 saturated carbocycles. The Morgan fingerprint density at radius 3 is 1.31 bits per heavy atom. The summed E-state index contributed by atoms with van der Waals surface area (Å²) >= 11 is 0. The van der Waals surface area contributed by atoms with Gasteiger partial charge >= 0.3 is 0 Å². The van der Waals surface area contributed by atoms with Crippen LogP contribution in [-0.4, -0.2) is 6.71 Å². The van der Waals surface area contributed by atoms with Gasteiger partial charge in [-0.1, -0.05) is 133 Å². The highest BCUT2D eigenvalue weighted by Gasteiger charge is 2.42. The molecule has 0 N–H and O–H groups in total. The summed E-state index contributed by atoms with van der Waals surface area (Å²) in [6.07, 6.45) is 0. The number of anilines is 6. The molecule has 2 nitrogen and oxygen atoms in total. The maximum atomic E-state index is 2.46. The lowest BCUT2D eigenvalue weighted by molar-refractivity contribution is 1.25. The molecule has 9 aromatic rings. The Morgan fingerprint density at radius 1 is 0.294 bits per heavy atom. The van der Waals surface area contributed by atoms with Crippen LogP contribution in [0.4, 0.5) is 34.1 Å². The van der Waals surface area contributed by atoms with Crippen LogP contribution >= 0.6 is 0 Å². The largest absolute Gasteiger partial charge is 0.311 e. The Labute approximate surface area is 297 Å². The molecule has 51 heavy (non-hydrogen) atoms. The number of fused-ring (bicyclic) bond motifs is 10. The lowest BCUT2D eigenvalue weighted by atomic mass is 9.33. The second-order valence-corrected chi connectivity index (χ2v) is 13.7. The molecule has 0 spiro atoms. The quantitative estimate of drug-likeness (QED) is 0.139. The van der Waals surface area contributed by atoms with Crippen molar-refractivity contribution in [3.63, 3.8) is 0 Å². The average Bonchev–Trinajstić information content (AvgIpc) is 3.21. The van der Waals surface area contributed by atoms with Crippen LogP contribution in [0.15, 0.2) is 188 Å². The molecule has 0 atom stereocenters. The van der Waals surface area contributed by atoms with Gasteiger partial charge in [0.1, 0.15) is 0 Å². The van der Waals surface area contributed by atoms with E-state index in [0.29, 0.717) is 0 Å². The van der Waals surface area contributed by atoms with Crippen LogP contribution in [0.2, 0.25) is 0 Å². The lowest BCUT2D eigenvalue weighted by Crippen LogP contribution is -2.61. The van der Waals surface area contributed by atoms with Crippen molar-refractivity contribution in [3.8, 4) is 11.1 Å². The van der Waals surface area contributed by atoms with E-state index in [2.05, 4.69) is 198 Å².